The van der Waals surface area contributed by atoms with Crippen LogP contribution < -0.4 is 5.32 Å². The standard InChI is InChI=1S/C13H16N2/c1-11-7-8-13(15-11)14-10-9-12-5-3-2-4-6-12/h2-8,14-15H,9-10H2,1H3. The third kappa shape index (κ3) is 2.88. The van der Waals surface area contributed by atoms with Crippen LogP contribution in [0.4, 0.5) is 5.82 Å². The minimum atomic E-state index is 0.962. The first-order valence-corrected chi connectivity index (χ1v) is 5.28. The molecule has 2 N–H and O–H groups in total. The molecule has 0 amide bonds. The van der Waals surface area contributed by atoms with Gasteiger partial charge in [-0.25, -0.2) is 0 Å². The van der Waals surface area contributed by atoms with Gasteiger partial charge in [0.15, 0.2) is 0 Å². The Morgan fingerprint density at radius 3 is 2.53 bits per heavy atom. The van der Waals surface area contributed by atoms with Gasteiger partial charge < -0.3 is 10.3 Å². The molecule has 1 aromatic heterocycles. The Hall–Kier alpha value is -1.70. The molecule has 2 nitrogen and oxygen atoms in total. The van der Waals surface area contributed by atoms with E-state index in [0.717, 1.165) is 18.8 Å². The molecule has 0 unspecified atom stereocenters. The van der Waals surface area contributed by atoms with Gasteiger partial charge in [-0.2, -0.15) is 0 Å². The zero-order chi connectivity index (χ0) is 10.5. The van der Waals surface area contributed by atoms with E-state index in [9.17, 15) is 0 Å². The monoisotopic (exact) mass is 200 g/mol. The summed E-state index contributed by atoms with van der Waals surface area (Å²) in [6.45, 7) is 3.02. The number of hydrogen-bond acceptors (Lipinski definition) is 1. The summed E-state index contributed by atoms with van der Waals surface area (Å²) in [5.41, 5.74) is 2.56. The van der Waals surface area contributed by atoms with Crippen LogP contribution in [0.25, 0.3) is 0 Å². The number of anilines is 1. The summed E-state index contributed by atoms with van der Waals surface area (Å²) < 4.78 is 0. The van der Waals surface area contributed by atoms with Crippen molar-refractivity contribution in [3.05, 3.63) is 53.7 Å². The van der Waals surface area contributed by atoms with Crippen molar-refractivity contribution in [3.63, 3.8) is 0 Å². The van der Waals surface area contributed by atoms with Crippen molar-refractivity contribution in [2.75, 3.05) is 11.9 Å². The average molecular weight is 200 g/mol. The van der Waals surface area contributed by atoms with Crippen LogP contribution >= 0.6 is 0 Å². The Balaban J connectivity index is 1.80. The van der Waals surface area contributed by atoms with Gasteiger partial charge in [0.2, 0.25) is 0 Å². The fourth-order valence-corrected chi connectivity index (χ4v) is 1.59. The Bertz CT molecular complexity index is 403. The third-order valence-corrected chi connectivity index (χ3v) is 2.40. The maximum absolute atomic E-state index is 3.36. The molecule has 0 aliphatic heterocycles. The molecule has 1 aromatic carbocycles. The highest BCUT2D eigenvalue weighted by molar-refractivity contribution is 5.37. The number of hydrogen-bond donors (Lipinski definition) is 2. The maximum atomic E-state index is 3.36. The Morgan fingerprint density at radius 1 is 1.07 bits per heavy atom. The van der Waals surface area contributed by atoms with Gasteiger partial charge in [-0.3, -0.25) is 0 Å². The summed E-state index contributed by atoms with van der Waals surface area (Å²) in [7, 11) is 0. The molecule has 0 saturated carbocycles. The van der Waals surface area contributed by atoms with Crippen LogP contribution in [0.5, 0.6) is 0 Å². The summed E-state index contributed by atoms with van der Waals surface area (Å²) in [5, 5.41) is 3.36. The van der Waals surface area contributed by atoms with Gasteiger partial charge in [-0.05, 0) is 31.0 Å². The predicted octanol–water partition coefficient (Wildman–Crippen LogP) is 2.98. The molecule has 78 valence electrons. The van der Waals surface area contributed by atoms with E-state index in [0.29, 0.717) is 0 Å². The number of nitrogens with one attached hydrogen (secondary N) is 2. The van der Waals surface area contributed by atoms with Gasteiger partial charge in [0.25, 0.3) is 0 Å². The molecule has 2 rings (SSSR count). The van der Waals surface area contributed by atoms with Crippen LogP contribution in [-0.2, 0) is 6.42 Å². The van der Waals surface area contributed by atoms with Crippen molar-refractivity contribution >= 4 is 5.82 Å². The van der Waals surface area contributed by atoms with E-state index < -0.39 is 0 Å². The van der Waals surface area contributed by atoms with Gasteiger partial charge in [0.1, 0.15) is 5.82 Å². The lowest BCUT2D eigenvalue weighted by atomic mass is 10.1. The fraction of sp³-hybridized carbons (Fsp3) is 0.231. The molecule has 15 heavy (non-hydrogen) atoms. The minimum Gasteiger partial charge on any atom is -0.371 e. The van der Waals surface area contributed by atoms with Gasteiger partial charge in [0, 0.05) is 12.2 Å². The molecular weight excluding hydrogens is 184 g/mol. The van der Waals surface area contributed by atoms with E-state index >= 15 is 0 Å². The molecule has 2 heteroatoms. The number of H-pyrrole nitrogens is 1. The second kappa shape index (κ2) is 4.69. The first-order valence-electron chi connectivity index (χ1n) is 5.28. The molecule has 0 saturated heterocycles. The summed E-state index contributed by atoms with van der Waals surface area (Å²) in [5.74, 6) is 1.10. The second-order valence-electron chi connectivity index (χ2n) is 3.72. The van der Waals surface area contributed by atoms with Crippen LogP contribution in [0.2, 0.25) is 0 Å². The molecule has 0 fully saturated rings. The highest BCUT2D eigenvalue weighted by Gasteiger charge is 1.94. The molecule has 0 aliphatic rings. The molecule has 0 aliphatic carbocycles. The van der Waals surface area contributed by atoms with Gasteiger partial charge in [0.05, 0.1) is 0 Å². The van der Waals surface area contributed by atoms with Gasteiger partial charge >= 0.3 is 0 Å². The normalized spacial score (nSPS) is 10.2. The van der Waals surface area contributed by atoms with Crippen LogP contribution in [0, 0.1) is 6.92 Å². The smallest absolute Gasteiger partial charge is 0.103 e. The van der Waals surface area contributed by atoms with Gasteiger partial charge in [-0.15, -0.1) is 0 Å². The van der Waals surface area contributed by atoms with Crippen LogP contribution in [0.1, 0.15) is 11.3 Å². The SMILES string of the molecule is Cc1ccc(NCCc2ccccc2)[nH]1. The Labute approximate surface area is 90.3 Å². The molecule has 0 spiro atoms. The molecule has 0 atom stereocenters. The first-order chi connectivity index (χ1) is 7.34. The molecule has 1 heterocycles. The van der Waals surface area contributed by atoms with E-state index in [4.69, 9.17) is 0 Å². The first kappa shape index (κ1) is 9.84. The van der Waals surface area contributed by atoms with Crippen molar-refractivity contribution in [3.8, 4) is 0 Å². The predicted molar refractivity (Wildman–Crippen MR) is 64.2 cm³/mol. The van der Waals surface area contributed by atoms with E-state index in [1.807, 2.05) is 6.07 Å². The molecular formula is C13H16N2. The van der Waals surface area contributed by atoms with Gasteiger partial charge in [-0.1, -0.05) is 30.3 Å². The van der Waals surface area contributed by atoms with Crippen molar-refractivity contribution in [1.29, 1.82) is 0 Å². The summed E-state index contributed by atoms with van der Waals surface area (Å²) in [6.07, 6.45) is 1.05. The number of benzene rings is 1. The van der Waals surface area contributed by atoms with E-state index in [1.54, 1.807) is 0 Å². The zero-order valence-corrected chi connectivity index (χ0v) is 8.96. The van der Waals surface area contributed by atoms with Crippen LogP contribution in [0.3, 0.4) is 0 Å². The highest BCUT2D eigenvalue weighted by atomic mass is 15.0. The summed E-state index contributed by atoms with van der Waals surface area (Å²) in [4.78, 5) is 3.25. The number of aryl methyl sites for hydroxylation is 1. The van der Waals surface area contributed by atoms with E-state index in [1.165, 1.54) is 11.3 Å². The van der Waals surface area contributed by atoms with Crippen molar-refractivity contribution in [2.45, 2.75) is 13.3 Å². The van der Waals surface area contributed by atoms with E-state index in [2.05, 4.69) is 53.6 Å². The average Bonchev–Trinajstić information content (AvgIpc) is 2.66. The molecule has 0 bridgehead atoms. The highest BCUT2D eigenvalue weighted by Crippen LogP contribution is 2.06. The second-order valence-corrected chi connectivity index (χ2v) is 3.72. The van der Waals surface area contributed by atoms with Crippen molar-refractivity contribution < 1.29 is 0 Å². The largest absolute Gasteiger partial charge is 0.371 e. The fourth-order valence-electron chi connectivity index (χ4n) is 1.59. The number of aromatic amines is 1. The summed E-state index contributed by atoms with van der Waals surface area (Å²) in [6, 6.07) is 14.7. The summed E-state index contributed by atoms with van der Waals surface area (Å²) >= 11 is 0. The number of rotatable bonds is 4. The molecule has 0 radical (unpaired) electrons. The lowest BCUT2D eigenvalue weighted by molar-refractivity contribution is 1.01. The van der Waals surface area contributed by atoms with Crippen LogP contribution in [0.15, 0.2) is 42.5 Å². The molecule has 2 aromatic rings. The van der Waals surface area contributed by atoms with Crippen molar-refractivity contribution in [2.24, 2.45) is 0 Å². The Kier molecular flexibility index (Phi) is 3.08. The number of aromatic nitrogens is 1. The lowest BCUT2D eigenvalue weighted by Crippen LogP contribution is -2.04. The third-order valence-electron chi connectivity index (χ3n) is 2.40. The van der Waals surface area contributed by atoms with Crippen LogP contribution in [-0.4, -0.2) is 11.5 Å². The lowest BCUT2D eigenvalue weighted by Gasteiger charge is -2.03. The maximum Gasteiger partial charge on any atom is 0.103 e. The quantitative estimate of drug-likeness (QED) is 0.780. The topological polar surface area (TPSA) is 27.8 Å². The minimum absolute atomic E-state index is 0.962. The van der Waals surface area contributed by atoms with Crippen molar-refractivity contribution in [1.82, 2.24) is 4.98 Å². The zero-order valence-electron chi connectivity index (χ0n) is 8.96. The Morgan fingerprint density at radius 2 is 1.87 bits per heavy atom. The van der Waals surface area contributed by atoms with E-state index in [-0.39, 0.29) is 0 Å².